The van der Waals surface area contributed by atoms with E-state index in [4.69, 9.17) is 14.2 Å². The molecule has 0 N–H and O–H groups in total. The van der Waals surface area contributed by atoms with Gasteiger partial charge in [0.1, 0.15) is 35.5 Å². The van der Waals surface area contributed by atoms with Crippen molar-refractivity contribution in [2.24, 2.45) is 0 Å². The van der Waals surface area contributed by atoms with Gasteiger partial charge in [-0.3, -0.25) is 9.69 Å². The van der Waals surface area contributed by atoms with Crippen LogP contribution in [0.5, 0.6) is 23.1 Å². The highest BCUT2D eigenvalue weighted by atomic mass is 19.1. The van der Waals surface area contributed by atoms with E-state index in [2.05, 4.69) is 34.1 Å². The van der Waals surface area contributed by atoms with E-state index in [0.29, 0.717) is 42.8 Å². The fraction of sp³-hybridized carbons (Fsp3) is 0.256. The molecule has 0 radical (unpaired) electrons. The molecule has 5 aromatic rings. The molecule has 0 bridgehead atoms. The van der Waals surface area contributed by atoms with Gasteiger partial charge in [0.2, 0.25) is 11.8 Å². The Balaban J connectivity index is 0.938. The third-order valence-electron chi connectivity index (χ3n) is 8.92. The molecule has 268 valence electrons. The third-order valence-corrected chi connectivity index (χ3v) is 8.92. The molecule has 1 aliphatic heterocycles. The van der Waals surface area contributed by atoms with Gasteiger partial charge in [-0.05, 0) is 115 Å². The molecule has 1 aliphatic rings. The van der Waals surface area contributed by atoms with Gasteiger partial charge in [0.25, 0.3) is 0 Å². The van der Waals surface area contributed by atoms with E-state index < -0.39 is 0 Å². The second-order valence-electron chi connectivity index (χ2n) is 13.2. The smallest absolute Gasteiger partial charge is 0.246 e. The Labute approximate surface area is 304 Å². The van der Waals surface area contributed by atoms with Gasteiger partial charge in [0.15, 0.2) is 0 Å². The Morgan fingerprint density at radius 1 is 0.788 bits per heavy atom. The normalized spacial score (nSPS) is 14.0. The van der Waals surface area contributed by atoms with Gasteiger partial charge in [0, 0.05) is 51.3 Å². The molecule has 4 aromatic carbocycles. The number of nitrogens with zero attached hydrogens (tertiary/aromatic N) is 3. The maximum absolute atomic E-state index is 13.2. The van der Waals surface area contributed by atoms with E-state index in [0.717, 1.165) is 48.3 Å². The van der Waals surface area contributed by atoms with Crippen molar-refractivity contribution >= 4 is 12.0 Å². The number of rotatable bonds is 13. The van der Waals surface area contributed by atoms with Crippen LogP contribution in [0.2, 0.25) is 0 Å². The van der Waals surface area contributed by atoms with Crippen molar-refractivity contribution in [2.45, 2.75) is 46.4 Å². The van der Waals surface area contributed by atoms with Crippen molar-refractivity contribution in [3.63, 3.8) is 0 Å². The van der Waals surface area contributed by atoms with Crippen LogP contribution >= 0.6 is 0 Å². The fourth-order valence-electron chi connectivity index (χ4n) is 6.16. The van der Waals surface area contributed by atoms with E-state index >= 15 is 0 Å². The molecule has 7 nitrogen and oxygen atoms in total. The molecule has 9 heteroatoms. The number of piperazine rings is 1. The van der Waals surface area contributed by atoms with Crippen molar-refractivity contribution in [3.05, 3.63) is 154 Å². The van der Waals surface area contributed by atoms with Gasteiger partial charge in [0.05, 0.1) is 12.3 Å². The quantitative estimate of drug-likeness (QED) is 0.114. The van der Waals surface area contributed by atoms with Gasteiger partial charge in [-0.15, -0.1) is 0 Å². The van der Waals surface area contributed by atoms with E-state index in [1.807, 2.05) is 43.9 Å². The average Bonchev–Trinajstić information content (AvgIpc) is 3.14. The summed E-state index contributed by atoms with van der Waals surface area (Å²) in [6.07, 6.45) is 5.83. The van der Waals surface area contributed by atoms with Crippen molar-refractivity contribution in [3.8, 4) is 23.1 Å². The summed E-state index contributed by atoms with van der Waals surface area (Å²) in [6.45, 7) is 10.1. The minimum Gasteiger partial charge on any atom is -0.490 e. The first kappa shape index (κ1) is 36.3. The fourth-order valence-corrected chi connectivity index (χ4v) is 6.16. The first-order valence-corrected chi connectivity index (χ1v) is 17.5. The van der Waals surface area contributed by atoms with Crippen LogP contribution in [0.15, 0.2) is 109 Å². The maximum atomic E-state index is 13.2. The molecule has 1 fully saturated rings. The molecule has 1 unspecified atom stereocenters. The van der Waals surface area contributed by atoms with Crippen LogP contribution in [0.1, 0.15) is 40.3 Å². The molecule has 1 atom stereocenters. The lowest BCUT2D eigenvalue weighted by atomic mass is 10.0. The number of hydrogen-bond acceptors (Lipinski definition) is 6. The largest absolute Gasteiger partial charge is 0.490 e. The first-order valence-electron chi connectivity index (χ1n) is 17.5. The summed E-state index contributed by atoms with van der Waals surface area (Å²) in [5.41, 5.74) is 6.06. The number of aromatic nitrogens is 1. The van der Waals surface area contributed by atoms with E-state index in [9.17, 15) is 13.6 Å². The number of pyridine rings is 1. The van der Waals surface area contributed by atoms with Crippen LogP contribution in [0.25, 0.3) is 6.08 Å². The summed E-state index contributed by atoms with van der Waals surface area (Å²) < 4.78 is 44.1. The third kappa shape index (κ3) is 10.3. The molecule has 2 heterocycles. The van der Waals surface area contributed by atoms with Gasteiger partial charge >= 0.3 is 0 Å². The highest BCUT2D eigenvalue weighted by Gasteiger charge is 2.20. The van der Waals surface area contributed by atoms with Gasteiger partial charge in [-0.25, -0.2) is 13.8 Å². The molecular formula is C43H43F2N3O4. The number of benzene rings is 4. The van der Waals surface area contributed by atoms with Crippen molar-refractivity contribution in [1.82, 2.24) is 14.8 Å². The molecule has 0 spiro atoms. The standard InChI is InChI=1S/C43H43F2N3O4/c1-30-24-36(25-31(2)43(30)52-41-18-17-40(27-46-41)50-29-35-8-11-37(44)12-9-35)10-19-42(49)48-22-20-47(21-23-48)28-34-6-4-33(5-7-34)26-32(3)51-39-15-13-38(45)14-16-39/h4-19,24-25,27,32H,20-23,26,28-29H2,1-3H3. The van der Waals surface area contributed by atoms with Gasteiger partial charge in [-0.2, -0.15) is 0 Å². The van der Waals surface area contributed by atoms with Crippen molar-refractivity contribution < 1.29 is 27.8 Å². The predicted molar refractivity (Wildman–Crippen MR) is 198 cm³/mol. The molecular weight excluding hydrogens is 660 g/mol. The zero-order chi connectivity index (χ0) is 36.5. The lowest BCUT2D eigenvalue weighted by Crippen LogP contribution is -2.47. The molecule has 52 heavy (non-hydrogen) atoms. The van der Waals surface area contributed by atoms with Gasteiger partial charge in [-0.1, -0.05) is 36.4 Å². The highest BCUT2D eigenvalue weighted by Crippen LogP contribution is 2.30. The highest BCUT2D eigenvalue weighted by molar-refractivity contribution is 5.92. The van der Waals surface area contributed by atoms with Crippen LogP contribution in [0.4, 0.5) is 8.78 Å². The van der Waals surface area contributed by atoms with E-state index in [1.54, 1.807) is 48.7 Å². The van der Waals surface area contributed by atoms with Crippen LogP contribution in [0, 0.1) is 25.5 Å². The Bertz CT molecular complexity index is 1930. The molecule has 1 amide bonds. The second-order valence-corrected chi connectivity index (χ2v) is 13.2. The van der Waals surface area contributed by atoms with Crippen LogP contribution < -0.4 is 14.2 Å². The number of amides is 1. The summed E-state index contributed by atoms with van der Waals surface area (Å²) in [4.78, 5) is 21.7. The summed E-state index contributed by atoms with van der Waals surface area (Å²) in [5, 5.41) is 0. The molecule has 1 aromatic heterocycles. The first-order chi connectivity index (χ1) is 25.2. The van der Waals surface area contributed by atoms with Crippen molar-refractivity contribution in [2.75, 3.05) is 26.2 Å². The Morgan fingerprint density at radius 3 is 2.02 bits per heavy atom. The lowest BCUT2D eigenvalue weighted by molar-refractivity contribution is -0.127. The van der Waals surface area contributed by atoms with Crippen LogP contribution in [-0.2, 0) is 24.4 Å². The van der Waals surface area contributed by atoms with Gasteiger partial charge < -0.3 is 19.1 Å². The van der Waals surface area contributed by atoms with Crippen LogP contribution in [-0.4, -0.2) is 53.0 Å². The molecule has 1 saturated heterocycles. The number of ether oxygens (including phenoxy) is 3. The zero-order valence-electron chi connectivity index (χ0n) is 29.7. The second kappa shape index (κ2) is 17.1. The molecule has 6 rings (SSSR count). The van der Waals surface area contributed by atoms with E-state index in [1.165, 1.54) is 35.4 Å². The predicted octanol–water partition coefficient (Wildman–Crippen LogP) is 8.72. The Kier molecular flexibility index (Phi) is 11.9. The van der Waals surface area contributed by atoms with E-state index in [-0.39, 0.29) is 23.6 Å². The number of aryl methyl sites for hydroxylation is 2. The molecule has 0 saturated carbocycles. The number of halogens is 2. The SMILES string of the molecule is Cc1cc(C=CC(=O)N2CCN(Cc3ccc(CC(C)Oc4ccc(F)cc4)cc3)CC2)cc(C)c1Oc1ccc(OCc2ccc(F)cc2)cn1. The number of carbonyl (C=O) groups is 1. The monoisotopic (exact) mass is 703 g/mol. The lowest BCUT2D eigenvalue weighted by Gasteiger charge is -2.34. The Morgan fingerprint density at radius 2 is 1.38 bits per heavy atom. The summed E-state index contributed by atoms with van der Waals surface area (Å²) >= 11 is 0. The molecule has 0 aliphatic carbocycles. The average molecular weight is 704 g/mol. The number of hydrogen-bond donors (Lipinski definition) is 0. The maximum Gasteiger partial charge on any atom is 0.246 e. The summed E-state index contributed by atoms with van der Waals surface area (Å²) in [6, 6.07) is 28.4. The minimum absolute atomic E-state index is 0.00236. The Hall–Kier alpha value is -5.54. The van der Waals surface area contributed by atoms with Crippen molar-refractivity contribution in [1.29, 1.82) is 0 Å². The minimum atomic E-state index is -0.282. The summed E-state index contributed by atoms with van der Waals surface area (Å²) in [7, 11) is 0. The zero-order valence-corrected chi connectivity index (χ0v) is 29.7. The van der Waals surface area contributed by atoms with Crippen LogP contribution in [0.3, 0.4) is 0 Å². The topological polar surface area (TPSA) is 64.1 Å². The number of carbonyl (C=O) groups excluding carboxylic acids is 1. The summed E-state index contributed by atoms with van der Waals surface area (Å²) in [5.74, 6) is 1.85.